The Bertz CT molecular complexity index is 329. The Morgan fingerprint density at radius 1 is 1.60 bits per heavy atom. The molecule has 0 unspecified atom stereocenters. The number of halogens is 1. The monoisotopic (exact) mass is 182 g/mol. The Morgan fingerprint density at radius 2 is 2.20 bits per heavy atom. The lowest BCUT2D eigenvalue weighted by Crippen LogP contribution is -1.92. The van der Waals surface area contributed by atoms with Crippen LogP contribution in [-0.4, -0.2) is 18.8 Å². The van der Waals surface area contributed by atoms with Crippen LogP contribution in [0.25, 0.3) is 0 Å². The van der Waals surface area contributed by atoms with Crippen LogP contribution in [0.5, 0.6) is 0 Å². The third-order valence-electron chi connectivity index (χ3n) is 0.842. The van der Waals surface area contributed by atoms with Gasteiger partial charge in [0.1, 0.15) is 0 Å². The van der Waals surface area contributed by atoms with Crippen LogP contribution < -0.4 is 0 Å². The minimum atomic E-state index is -3.79. The molecule has 5 nitrogen and oxygen atoms in total. The largest absolute Gasteiger partial charge is 0.341 e. The average molecular weight is 183 g/mol. The zero-order valence-electron chi connectivity index (χ0n) is 4.91. The van der Waals surface area contributed by atoms with Gasteiger partial charge in [-0.25, -0.2) is 8.42 Å². The molecular weight excluding hydrogens is 180 g/mol. The van der Waals surface area contributed by atoms with Gasteiger partial charge in [-0.3, -0.25) is 0 Å². The van der Waals surface area contributed by atoms with Crippen molar-refractivity contribution in [2.24, 2.45) is 0 Å². The molecule has 7 heteroatoms. The Hall–Kier alpha value is -0.620. The standard InChI is InChI=1S/C3H3ClN2O3S/c1-2-3(5-6-9-2)10(4,7)8/h1H3. The van der Waals surface area contributed by atoms with Crippen molar-refractivity contribution in [1.82, 2.24) is 10.4 Å². The molecule has 0 radical (unpaired) electrons. The van der Waals surface area contributed by atoms with Crippen molar-refractivity contribution in [2.75, 3.05) is 0 Å². The van der Waals surface area contributed by atoms with Crippen molar-refractivity contribution in [1.29, 1.82) is 0 Å². The summed E-state index contributed by atoms with van der Waals surface area (Å²) in [7, 11) is 1.13. The predicted molar refractivity (Wildman–Crippen MR) is 32.1 cm³/mol. The Morgan fingerprint density at radius 3 is 2.40 bits per heavy atom. The molecule has 0 fully saturated rings. The summed E-state index contributed by atoms with van der Waals surface area (Å²) in [5.41, 5.74) is 0. The molecule has 56 valence electrons. The van der Waals surface area contributed by atoms with Gasteiger partial charge in [0.05, 0.1) is 0 Å². The lowest BCUT2D eigenvalue weighted by molar-refractivity contribution is 0.373. The summed E-state index contributed by atoms with van der Waals surface area (Å²) in [6, 6.07) is 0. The molecule has 0 aliphatic rings. The van der Waals surface area contributed by atoms with Crippen LogP contribution in [0, 0.1) is 6.92 Å². The van der Waals surface area contributed by atoms with E-state index in [1.807, 2.05) is 0 Å². The maximum absolute atomic E-state index is 10.5. The summed E-state index contributed by atoms with van der Waals surface area (Å²) in [6.07, 6.45) is 0. The fourth-order valence-electron chi connectivity index (χ4n) is 0.449. The first-order valence-corrected chi connectivity index (χ1v) is 4.56. The highest BCUT2D eigenvalue weighted by atomic mass is 35.7. The Kier molecular flexibility index (Phi) is 1.65. The molecule has 0 amide bonds. The van der Waals surface area contributed by atoms with Gasteiger partial charge in [0.25, 0.3) is 9.05 Å². The van der Waals surface area contributed by atoms with Crippen LogP contribution >= 0.6 is 10.7 Å². The fraction of sp³-hybridized carbons (Fsp3) is 0.333. The molecule has 0 aliphatic carbocycles. The lowest BCUT2D eigenvalue weighted by Gasteiger charge is -1.83. The molecule has 0 saturated heterocycles. The van der Waals surface area contributed by atoms with E-state index in [0.717, 1.165) is 0 Å². The minimum Gasteiger partial charge on any atom is -0.341 e. The van der Waals surface area contributed by atoms with Gasteiger partial charge in [-0.05, 0) is 6.92 Å². The molecular formula is C3H3ClN2O3S. The van der Waals surface area contributed by atoms with Crippen molar-refractivity contribution >= 4 is 19.7 Å². The predicted octanol–water partition coefficient (Wildman–Crippen LogP) is 0.306. The van der Waals surface area contributed by atoms with Crippen LogP contribution in [0.4, 0.5) is 0 Å². The van der Waals surface area contributed by atoms with Crippen LogP contribution in [0.15, 0.2) is 9.55 Å². The highest BCUT2D eigenvalue weighted by Crippen LogP contribution is 2.14. The quantitative estimate of drug-likeness (QED) is 0.585. The van der Waals surface area contributed by atoms with Crippen molar-refractivity contribution in [3.63, 3.8) is 0 Å². The SMILES string of the molecule is Cc1onnc1S(=O)(=O)Cl. The van der Waals surface area contributed by atoms with E-state index in [2.05, 4.69) is 14.9 Å². The molecule has 0 aromatic carbocycles. The highest BCUT2D eigenvalue weighted by Gasteiger charge is 2.18. The van der Waals surface area contributed by atoms with Gasteiger partial charge in [0.15, 0.2) is 5.76 Å². The molecule has 1 heterocycles. The molecule has 0 atom stereocenters. The van der Waals surface area contributed by atoms with Gasteiger partial charge in [-0.15, -0.1) is 0 Å². The maximum Gasteiger partial charge on any atom is 0.284 e. The third-order valence-corrected chi connectivity index (χ3v) is 2.11. The number of rotatable bonds is 1. The smallest absolute Gasteiger partial charge is 0.284 e. The van der Waals surface area contributed by atoms with Crippen molar-refractivity contribution < 1.29 is 12.9 Å². The summed E-state index contributed by atoms with van der Waals surface area (Å²) in [4.78, 5) is 0. The van der Waals surface area contributed by atoms with E-state index in [9.17, 15) is 8.42 Å². The zero-order valence-corrected chi connectivity index (χ0v) is 6.48. The second-order valence-corrected chi connectivity index (χ2v) is 4.05. The number of hydrogen-bond acceptors (Lipinski definition) is 5. The lowest BCUT2D eigenvalue weighted by atomic mass is 10.6. The molecule has 0 aliphatic heterocycles. The van der Waals surface area contributed by atoms with Crippen molar-refractivity contribution in [3.8, 4) is 0 Å². The van der Waals surface area contributed by atoms with E-state index < -0.39 is 9.05 Å². The van der Waals surface area contributed by atoms with E-state index in [1.165, 1.54) is 6.92 Å². The first-order valence-electron chi connectivity index (χ1n) is 2.25. The van der Waals surface area contributed by atoms with Crippen LogP contribution in [0.2, 0.25) is 0 Å². The van der Waals surface area contributed by atoms with Crippen molar-refractivity contribution in [3.05, 3.63) is 5.76 Å². The molecule has 0 saturated carbocycles. The molecule has 0 N–H and O–H groups in total. The average Bonchev–Trinajstić information content (AvgIpc) is 2.11. The van der Waals surface area contributed by atoms with E-state index in [0.29, 0.717) is 0 Å². The molecule has 10 heavy (non-hydrogen) atoms. The van der Waals surface area contributed by atoms with E-state index in [-0.39, 0.29) is 10.8 Å². The van der Waals surface area contributed by atoms with Gasteiger partial charge in [0, 0.05) is 16.0 Å². The van der Waals surface area contributed by atoms with Gasteiger partial charge < -0.3 is 4.52 Å². The third kappa shape index (κ3) is 1.27. The second kappa shape index (κ2) is 2.21. The Balaban J connectivity index is 3.32. The van der Waals surface area contributed by atoms with Gasteiger partial charge in [0.2, 0.25) is 5.03 Å². The van der Waals surface area contributed by atoms with E-state index in [1.54, 1.807) is 0 Å². The van der Waals surface area contributed by atoms with E-state index >= 15 is 0 Å². The highest BCUT2D eigenvalue weighted by molar-refractivity contribution is 8.13. The summed E-state index contributed by atoms with van der Waals surface area (Å²) in [5, 5.41) is 5.83. The second-order valence-electron chi connectivity index (χ2n) is 1.57. The Labute approximate surface area is 61.4 Å². The van der Waals surface area contributed by atoms with Gasteiger partial charge in [-0.2, -0.15) is 0 Å². The number of aromatic nitrogens is 2. The molecule has 1 aromatic rings. The van der Waals surface area contributed by atoms with Gasteiger partial charge in [-0.1, -0.05) is 5.10 Å². The van der Waals surface area contributed by atoms with Crippen molar-refractivity contribution in [2.45, 2.75) is 11.9 Å². The zero-order chi connectivity index (χ0) is 7.78. The molecule has 0 spiro atoms. The van der Waals surface area contributed by atoms with Crippen LogP contribution in [0.1, 0.15) is 5.76 Å². The summed E-state index contributed by atoms with van der Waals surface area (Å²) in [6.45, 7) is 1.41. The summed E-state index contributed by atoms with van der Waals surface area (Å²) < 4.78 is 25.4. The summed E-state index contributed by atoms with van der Waals surface area (Å²) >= 11 is 0. The fourth-order valence-corrected chi connectivity index (χ4v) is 1.38. The number of nitrogens with zero attached hydrogens (tertiary/aromatic N) is 2. The topological polar surface area (TPSA) is 73.1 Å². The van der Waals surface area contributed by atoms with Gasteiger partial charge >= 0.3 is 0 Å². The number of hydrogen-bond donors (Lipinski definition) is 0. The van der Waals surface area contributed by atoms with Crippen LogP contribution in [-0.2, 0) is 9.05 Å². The molecule has 0 bridgehead atoms. The first kappa shape index (κ1) is 7.49. The molecule has 1 rings (SSSR count). The summed E-state index contributed by atoms with van der Waals surface area (Å²) in [5.74, 6) is 0.0926. The number of aryl methyl sites for hydroxylation is 1. The maximum atomic E-state index is 10.5. The molecule has 1 aromatic heterocycles. The van der Waals surface area contributed by atoms with Crippen LogP contribution in [0.3, 0.4) is 0 Å². The first-order chi connectivity index (χ1) is 4.52. The minimum absolute atomic E-state index is 0.0926. The normalized spacial score (nSPS) is 11.8. The van der Waals surface area contributed by atoms with E-state index in [4.69, 9.17) is 10.7 Å².